The molecule has 0 radical (unpaired) electrons. The van der Waals surface area contributed by atoms with Crippen molar-refractivity contribution in [3.8, 4) is 0 Å². The lowest BCUT2D eigenvalue weighted by molar-refractivity contribution is -0.150. The molecule has 136 valence electrons. The van der Waals surface area contributed by atoms with Crippen molar-refractivity contribution in [1.29, 1.82) is 0 Å². The molecular weight excluding hydrogens is 322 g/mol. The van der Waals surface area contributed by atoms with Crippen LogP contribution in [0.2, 0.25) is 0 Å². The average molecular weight is 349 g/mol. The molecule has 2 heterocycles. The fourth-order valence-electron chi connectivity index (χ4n) is 5.73. The van der Waals surface area contributed by atoms with Gasteiger partial charge in [0.1, 0.15) is 11.8 Å². The van der Waals surface area contributed by atoms with Crippen molar-refractivity contribution in [2.75, 3.05) is 0 Å². The zero-order chi connectivity index (χ0) is 17.9. The molecule has 2 aromatic carbocycles. The first-order valence-electron chi connectivity index (χ1n) is 9.80. The molecule has 0 amide bonds. The SMILES string of the molecule is CC(C)(O)[C@H]1OC(c2ccccc2)(c2ccccc2)[C@@H]2[C@H]3CC[C@H](C3)N21. The van der Waals surface area contributed by atoms with Gasteiger partial charge in [-0.3, -0.25) is 4.90 Å². The lowest BCUT2D eigenvalue weighted by atomic mass is 9.75. The van der Waals surface area contributed by atoms with E-state index in [-0.39, 0.29) is 12.3 Å². The number of nitrogens with zero attached hydrogens (tertiary/aromatic N) is 1. The number of hydrogen-bond donors (Lipinski definition) is 1. The van der Waals surface area contributed by atoms with Gasteiger partial charge >= 0.3 is 0 Å². The molecule has 3 heteroatoms. The highest BCUT2D eigenvalue weighted by atomic mass is 16.6. The minimum Gasteiger partial charge on any atom is -0.386 e. The summed E-state index contributed by atoms with van der Waals surface area (Å²) < 4.78 is 6.91. The van der Waals surface area contributed by atoms with Crippen LogP contribution in [0.25, 0.3) is 0 Å². The van der Waals surface area contributed by atoms with Gasteiger partial charge in [0.15, 0.2) is 0 Å². The summed E-state index contributed by atoms with van der Waals surface area (Å²) in [5.74, 6) is 0.618. The van der Waals surface area contributed by atoms with E-state index >= 15 is 0 Å². The minimum absolute atomic E-state index is 0.280. The molecule has 3 fully saturated rings. The number of fused-ring (bicyclic) bond motifs is 5. The van der Waals surface area contributed by atoms with Crippen molar-refractivity contribution in [2.45, 2.75) is 62.6 Å². The molecule has 0 spiro atoms. The molecule has 0 unspecified atom stereocenters. The first-order valence-corrected chi connectivity index (χ1v) is 9.80. The Morgan fingerprint density at radius 1 is 0.962 bits per heavy atom. The van der Waals surface area contributed by atoms with E-state index in [0.717, 1.165) is 0 Å². The molecule has 1 aliphatic carbocycles. The molecule has 2 bridgehead atoms. The molecule has 26 heavy (non-hydrogen) atoms. The van der Waals surface area contributed by atoms with E-state index in [2.05, 4.69) is 65.6 Å². The highest BCUT2D eigenvalue weighted by Gasteiger charge is 2.66. The Morgan fingerprint density at radius 2 is 1.54 bits per heavy atom. The lowest BCUT2D eigenvalue weighted by Gasteiger charge is -2.39. The summed E-state index contributed by atoms with van der Waals surface area (Å²) in [6, 6.07) is 22.0. The minimum atomic E-state index is -0.909. The topological polar surface area (TPSA) is 32.7 Å². The number of rotatable bonds is 3. The zero-order valence-corrected chi connectivity index (χ0v) is 15.5. The fraction of sp³-hybridized carbons (Fsp3) is 0.478. The Bertz CT molecular complexity index is 743. The Labute approximate surface area is 155 Å². The van der Waals surface area contributed by atoms with Gasteiger partial charge in [-0.2, -0.15) is 0 Å². The molecule has 3 nitrogen and oxygen atoms in total. The van der Waals surface area contributed by atoms with Crippen LogP contribution in [0.1, 0.15) is 44.2 Å². The summed E-state index contributed by atoms with van der Waals surface area (Å²) in [6.45, 7) is 3.76. The summed E-state index contributed by atoms with van der Waals surface area (Å²) in [5, 5.41) is 11.0. The third kappa shape index (κ3) is 2.17. The highest BCUT2D eigenvalue weighted by molar-refractivity contribution is 5.42. The first kappa shape index (κ1) is 16.5. The van der Waals surface area contributed by atoms with E-state index in [0.29, 0.717) is 12.0 Å². The molecule has 4 atom stereocenters. The maximum Gasteiger partial charge on any atom is 0.141 e. The van der Waals surface area contributed by atoms with E-state index in [1.807, 2.05) is 13.8 Å². The molecule has 2 saturated heterocycles. The largest absolute Gasteiger partial charge is 0.386 e. The Kier molecular flexibility index (Phi) is 3.59. The molecule has 2 aliphatic heterocycles. The molecule has 1 saturated carbocycles. The maximum atomic E-state index is 11.0. The van der Waals surface area contributed by atoms with Gasteiger partial charge in [0.05, 0.1) is 11.6 Å². The van der Waals surface area contributed by atoms with E-state index in [1.165, 1.54) is 30.4 Å². The fourth-order valence-corrected chi connectivity index (χ4v) is 5.73. The predicted molar refractivity (Wildman–Crippen MR) is 102 cm³/mol. The molecule has 5 rings (SSSR count). The van der Waals surface area contributed by atoms with Crippen molar-refractivity contribution >= 4 is 0 Å². The first-order chi connectivity index (χ1) is 12.5. The summed E-state index contributed by atoms with van der Waals surface area (Å²) in [7, 11) is 0. The number of piperidine rings is 1. The van der Waals surface area contributed by atoms with Crippen LogP contribution in [0.3, 0.4) is 0 Å². The van der Waals surface area contributed by atoms with Crippen LogP contribution in [0.15, 0.2) is 60.7 Å². The van der Waals surface area contributed by atoms with Crippen LogP contribution in [0.4, 0.5) is 0 Å². The van der Waals surface area contributed by atoms with Crippen molar-refractivity contribution in [1.82, 2.24) is 4.90 Å². The second-order valence-corrected chi connectivity index (χ2v) is 8.71. The van der Waals surface area contributed by atoms with Crippen LogP contribution in [-0.4, -0.2) is 33.9 Å². The molecule has 2 aromatic rings. The van der Waals surface area contributed by atoms with Gasteiger partial charge < -0.3 is 9.84 Å². The quantitative estimate of drug-likeness (QED) is 0.912. The number of hydrogen-bond acceptors (Lipinski definition) is 3. The number of aliphatic hydroxyl groups is 1. The molecule has 3 aliphatic rings. The van der Waals surface area contributed by atoms with E-state index in [9.17, 15) is 5.11 Å². The van der Waals surface area contributed by atoms with E-state index < -0.39 is 11.2 Å². The monoisotopic (exact) mass is 349 g/mol. The van der Waals surface area contributed by atoms with Gasteiger partial charge in [0, 0.05) is 6.04 Å². The maximum absolute atomic E-state index is 11.0. The third-order valence-corrected chi connectivity index (χ3v) is 6.63. The van der Waals surface area contributed by atoms with Crippen LogP contribution in [0.5, 0.6) is 0 Å². The average Bonchev–Trinajstić information content (AvgIpc) is 3.34. The van der Waals surface area contributed by atoms with Gasteiger partial charge in [-0.1, -0.05) is 60.7 Å². The van der Waals surface area contributed by atoms with E-state index in [4.69, 9.17) is 4.74 Å². The number of benzene rings is 2. The van der Waals surface area contributed by atoms with Crippen LogP contribution >= 0.6 is 0 Å². The number of ether oxygens (including phenoxy) is 1. The summed E-state index contributed by atoms with van der Waals surface area (Å²) in [4.78, 5) is 2.51. The second kappa shape index (κ2) is 5.66. The van der Waals surface area contributed by atoms with Crippen molar-refractivity contribution in [2.24, 2.45) is 5.92 Å². The summed E-state index contributed by atoms with van der Waals surface area (Å²) in [6.07, 6.45) is 3.41. The summed E-state index contributed by atoms with van der Waals surface area (Å²) >= 11 is 0. The molecule has 0 aromatic heterocycles. The van der Waals surface area contributed by atoms with Gasteiger partial charge in [0.2, 0.25) is 0 Å². The lowest BCUT2D eigenvalue weighted by Crippen LogP contribution is -2.52. The van der Waals surface area contributed by atoms with Crippen molar-refractivity contribution < 1.29 is 9.84 Å². The standard InChI is InChI=1S/C23H27NO2/c1-22(2,25)21-24-19-14-13-16(15-19)20(24)23(26-21,17-9-5-3-6-10-17)18-11-7-4-8-12-18/h3-12,16,19-21,25H,13-15H2,1-2H3/t16-,19+,20-,21+/m0/s1. The normalized spacial score (nSPS) is 32.7. The van der Waals surface area contributed by atoms with Crippen LogP contribution in [0, 0.1) is 5.92 Å². The third-order valence-electron chi connectivity index (χ3n) is 6.63. The Balaban J connectivity index is 1.74. The molecule has 1 N–H and O–H groups in total. The van der Waals surface area contributed by atoms with Crippen LogP contribution in [-0.2, 0) is 10.3 Å². The van der Waals surface area contributed by atoms with Gasteiger partial charge in [-0.15, -0.1) is 0 Å². The summed E-state index contributed by atoms with van der Waals surface area (Å²) in [5.41, 5.74) is 0.960. The van der Waals surface area contributed by atoms with Gasteiger partial charge in [-0.25, -0.2) is 0 Å². The zero-order valence-electron chi connectivity index (χ0n) is 15.5. The second-order valence-electron chi connectivity index (χ2n) is 8.71. The van der Waals surface area contributed by atoms with Crippen LogP contribution < -0.4 is 0 Å². The van der Waals surface area contributed by atoms with Crippen molar-refractivity contribution in [3.05, 3.63) is 71.8 Å². The molecular formula is C23H27NO2. The highest BCUT2D eigenvalue weighted by Crippen LogP contribution is 2.59. The van der Waals surface area contributed by atoms with Gasteiger partial charge in [0.25, 0.3) is 0 Å². The van der Waals surface area contributed by atoms with E-state index in [1.54, 1.807) is 0 Å². The van der Waals surface area contributed by atoms with Gasteiger partial charge in [-0.05, 0) is 50.2 Å². The van der Waals surface area contributed by atoms with Crippen molar-refractivity contribution in [3.63, 3.8) is 0 Å². The Morgan fingerprint density at radius 3 is 2.08 bits per heavy atom. The predicted octanol–water partition coefficient (Wildman–Crippen LogP) is 3.91. The smallest absolute Gasteiger partial charge is 0.141 e. The Hall–Kier alpha value is -1.68.